The molecule has 0 fully saturated rings. The quantitative estimate of drug-likeness (QED) is 0.895. The van der Waals surface area contributed by atoms with Gasteiger partial charge in [-0.15, -0.1) is 0 Å². The van der Waals surface area contributed by atoms with Gasteiger partial charge in [-0.1, -0.05) is 15.9 Å². The standard InChI is InChI=1S/C14H13BrFNO2/c1-19-11-3-4-12(16)13(7-11)17-8-9-6-10(15)2-5-14(9)18/h2-7,17-18H,8H2,1H3. The van der Waals surface area contributed by atoms with E-state index in [0.29, 0.717) is 23.5 Å². The number of phenolic OH excluding ortho intramolecular Hbond substituents is 1. The first-order chi connectivity index (χ1) is 9.10. The average molecular weight is 326 g/mol. The predicted molar refractivity (Wildman–Crippen MR) is 76.1 cm³/mol. The first kappa shape index (κ1) is 13.7. The Balaban J connectivity index is 2.16. The van der Waals surface area contributed by atoms with Gasteiger partial charge in [-0.25, -0.2) is 4.39 Å². The van der Waals surface area contributed by atoms with Crippen LogP contribution in [0.2, 0.25) is 0 Å². The third-order valence-corrected chi connectivity index (χ3v) is 3.18. The molecule has 2 aromatic carbocycles. The summed E-state index contributed by atoms with van der Waals surface area (Å²) >= 11 is 3.33. The Bertz CT molecular complexity index is 590. The van der Waals surface area contributed by atoms with Crippen LogP contribution in [-0.2, 0) is 6.54 Å². The van der Waals surface area contributed by atoms with Gasteiger partial charge in [-0.05, 0) is 30.3 Å². The number of anilines is 1. The normalized spacial score (nSPS) is 10.3. The van der Waals surface area contributed by atoms with E-state index in [-0.39, 0.29) is 11.6 Å². The Morgan fingerprint density at radius 1 is 1.26 bits per heavy atom. The van der Waals surface area contributed by atoms with Crippen molar-refractivity contribution in [2.75, 3.05) is 12.4 Å². The highest BCUT2D eigenvalue weighted by Gasteiger charge is 2.06. The fourth-order valence-electron chi connectivity index (χ4n) is 1.65. The van der Waals surface area contributed by atoms with Gasteiger partial charge < -0.3 is 15.2 Å². The molecule has 0 aliphatic carbocycles. The van der Waals surface area contributed by atoms with Gasteiger partial charge in [0.15, 0.2) is 0 Å². The molecule has 19 heavy (non-hydrogen) atoms. The second-order valence-electron chi connectivity index (χ2n) is 3.97. The molecular formula is C14H13BrFNO2. The smallest absolute Gasteiger partial charge is 0.146 e. The number of halogens is 2. The molecule has 3 nitrogen and oxygen atoms in total. The summed E-state index contributed by atoms with van der Waals surface area (Å²) in [6.45, 7) is 0.315. The number of hydrogen-bond acceptors (Lipinski definition) is 3. The molecule has 0 radical (unpaired) electrons. The number of methoxy groups -OCH3 is 1. The summed E-state index contributed by atoms with van der Waals surface area (Å²) in [5.41, 5.74) is 1.01. The lowest BCUT2D eigenvalue weighted by atomic mass is 10.2. The van der Waals surface area contributed by atoms with Crippen molar-refractivity contribution in [3.8, 4) is 11.5 Å². The largest absolute Gasteiger partial charge is 0.508 e. The maximum atomic E-state index is 13.6. The lowest BCUT2D eigenvalue weighted by Crippen LogP contribution is -2.02. The zero-order valence-electron chi connectivity index (χ0n) is 10.3. The Labute approximate surface area is 119 Å². The Morgan fingerprint density at radius 3 is 2.79 bits per heavy atom. The minimum absolute atomic E-state index is 0.166. The van der Waals surface area contributed by atoms with Crippen molar-refractivity contribution >= 4 is 21.6 Å². The van der Waals surface area contributed by atoms with Gasteiger partial charge in [0.25, 0.3) is 0 Å². The van der Waals surface area contributed by atoms with Crippen molar-refractivity contribution < 1.29 is 14.2 Å². The highest BCUT2D eigenvalue weighted by molar-refractivity contribution is 9.10. The van der Waals surface area contributed by atoms with Gasteiger partial charge in [0.2, 0.25) is 0 Å². The van der Waals surface area contributed by atoms with E-state index in [1.54, 1.807) is 30.3 Å². The summed E-state index contributed by atoms with van der Waals surface area (Å²) in [5.74, 6) is 0.372. The molecule has 0 heterocycles. The van der Waals surface area contributed by atoms with E-state index in [4.69, 9.17) is 4.74 Å². The number of phenols is 1. The SMILES string of the molecule is COc1ccc(F)c(NCc2cc(Br)ccc2O)c1. The first-order valence-corrected chi connectivity index (χ1v) is 6.44. The van der Waals surface area contributed by atoms with E-state index in [0.717, 1.165) is 4.47 Å². The van der Waals surface area contributed by atoms with Crippen LogP contribution in [0, 0.1) is 5.82 Å². The fraction of sp³-hybridized carbons (Fsp3) is 0.143. The minimum Gasteiger partial charge on any atom is -0.508 e. The van der Waals surface area contributed by atoms with Crippen LogP contribution >= 0.6 is 15.9 Å². The average Bonchev–Trinajstić information content (AvgIpc) is 2.41. The van der Waals surface area contributed by atoms with E-state index in [1.165, 1.54) is 13.2 Å². The molecule has 0 atom stereocenters. The number of rotatable bonds is 4. The maximum Gasteiger partial charge on any atom is 0.146 e. The first-order valence-electron chi connectivity index (χ1n) is 5.65. The molecule has 0 aliphatic rings. The molecule has 0 spiro atoms. The molecule has 0 aromatic heterocycles. The number of benzene rings is 2. The predicted octanol–water partition coefficient (Wildman–Crippen LogP) is 3.91. The Hall–Kier alpha value is -1.75. The highest BCUT2D eigenvalue weighted by atomic mass is 79.9. The summed E-state index contributed by atoms with van der Waals surface area (Å²) in [6, 6.07) is 9.57. The number of aromatic hydroxyl groups is 1. The van der Waals surface area contributed by atoms with Crippen LogP contribution in [0.1, 0.15) is 5.56 Å². The fourth-order valence-corrected chi connectivity index (χ4v) is 2.06. The topological polar surface area (TPSA) is 41.5 Å². The van der Waals surface area contributed by atoms with Gasteiger partial charge in [0.05, 0.1) is 12.8 Å². The molecule has 2 N–H and O–H groups in total. The van der Waals surface area contributed by atoms with E-state index >= 15 is 0 Å². The second kappa shape index (κ2) is 5.93. The summed E-state index contributed by atoms with van der Waals surface area (Å²) in [4.78, 5) is 0. The van der Waals surface area contributed by atoms with Gasteiger partial charge in [0, 0.05) is 22.6 Å². The lowest BCUT2D eigenvalue weighted by molar-refractivity contribution is 0.414. The van der Waals surface area contributed by atoms with Gasteiger partial charge in [-0.2, -0.15) is 0 Å². The summed E-state index contributed by atoms with van der Waals surface area (Å²) in [6.07, 6.45) is 0. The van der Waals surface area contributed by atoms with Crippen molar-refractivity contribution in [1.29, 1.82) is 0 Å². The van der Waals surface area contributed by atoms with E-state index < -0.39 is 0 Å². The monoisotopic (exact) mass is 325 g/mol. The Morgan fingerprint density at radius 2 is 2.05 bits per heavy atom. The van der Waals surface area contributed by atoms with Crippen LogP contribution in [0.15, 0.2) is 40.9 Å². The maximum absolute atomic E-state index is 13.6. The van der Waals surface area contributed by atoms with E-state index in [9.17, 15) is 9.50 Å². The zero-order valence-corrected chi connectivity index (χ0v) is 11.9. The Kier molecular flexibility index (Phi) is 4.27. The van der Waals surface area contributed by atoms with Crippen molar-refractivity contribution in [1.82, 2.24) is 0 Å². The summed E-state index contributed by atoms with van der Waals surface area (Å²) in [7, 11) is 1.52. The van der Waals surface area contributed by atoms with E-state index in [1.807, 2.05) is 0 Å². The number of nitrogens with one attached hydrogen (secondary N) is 1. The molecule has 0 aliphatic heterocycles. The molecule has 0 saturated carbocycles. The van der Waals surface area contributed by atoms with E-state index in [2.05, 4.69) is 21.2 Å². The van der Waals surface area contributed by atoms with Crippen LogP contribution < -0.4 is 10.1 Å². The third-order valence-electron chi connectivity index (χ3n) is 2.68. The van der Waals surface area contributed by atoms with Crippen molar-refractivity contribution in [2.24, 2.45) is 0 Å². The summed E-state index contributed by atoms with van der Waals surface area (Å²) < 4.78 is 19.5. The molecular weight excluding hydrogens is 313 g/mol. The van der Waals surface area contributed by atoms with Crippen molar-refractivity contribution in [3.63, 3.8) is 0 Å². The number of hydrogen-bond donors (Lipinski definition) is 2. The van der Waals surface area contributed by atoms with Crippen LogP contribution in [0.3, 0.4) is 0 Å². The molecule has 0 unspecified atom stereocenters. The molecule has 5 heteroatoms. The molecule has 0 saturated heterocycles. The molecule has 0 amide bonds. The van der Waals surface area contributed by atoms with Crippen LogP contribution in [0.25, 0.3) is 0 Å². The summed E-state index contributed by atoms with van der Waals surface area (Å²) in [5, 5.41) is 12.6. The van der Waals surface area contributed by atoms with Crippen LogP contribution in [0.5, 0.6) is 11.5 Å². The van der Waals surface area contributed by atoms with Crippen molar-refractivity contribution in [3.05, 3.63) is 52.3 Å². The van der Waals surface area contributed by atoms with Crippen LogP contribution in [0.4, 0.5) is 10.1 Å². The number of ether oxygens (including phenoxy) is 1. The van der Waals surface area contributed by atoms with Gasteiger partial charge in [-0.3, -0.25) is 0 Å². The second-order valence-corrected chi connectivity index (χ2v) is 4.89. The molecule has 2 rings (SSSR count). The van der Waals surface area contributed by atoms with Gasteiger partial charge in [0.1, 0.15) is 17.3 Å². The minimum atomic E-state index is -0.365. The lowest BCUT2D eigenvalue weighted by Gasteiger charge is -2.10. The molecule has 0 bridgehead atoms. The zero-order chi connectivity index (χ0) is 13.8. The van der Waals surface area contributed by atoms with Gasteiger partial charge >= 0.3 is 0 Å². The highest BCUT2D eigenvalue weighted by Crippen LogP contribution is 2.25. The third kappa shape index (κ3) is 3.38. The molecule has 2 aromatic rings. The van der Waals surface area contributed by atoms with Crippen molar-refractivity contribution in [2.45, 2.75) is 6.54 Å². The molecule has 100 valence electrons. The van der Waals surface area contributed by atoms with Crippen LogP contribution in [-0.4, -0.2) is 12.2 Å².